The van der Waals surface area contributed by atoms with E-state index in [9.17, 15) is 14.4 Å². The number of benzene rings is 4. The molecule has 1 saturated heterocycles. The SMILES string of the molecule is O=C(/C=C/C1=CCC=C1)c1ccc(OCCn2cc(CN(Cc3cn(CCOc4ccc(C(=O)/C=C/C5=CCC=C5)cc4)nn3)[C@@H]3C(=O)N(c4ccc(Cl)cc4)[C@@H]3/C=C/c3ccccc3)nn2)cc1. The lowest BCUT2D eigenvalue weighted by Crippen LogP contribution is -2.70. The van der Waals surface area contributed by atoms with Gasteiger partial charge in [-0.3, -0.25) is 19.3 Å². The second-order valence-electron chi connectivity index (χ2n) is 16.6. The molecule has 0 unspecified atom stereocenters. The number of allylic oxidation sites excluding steroid dienone is 12. The van der Waals surface area contributed by atoms with Crippen molar-refractivity contribution in [1.82, 2.24) is 34.9 Å². The van der Waals surface area contributed by atoms with Crippen LogP contribution in [0.1, 0.15) is 50.5 Å². The van der Waals surface area contributed by atoms with Crippen molar-refractivity contribution in [2.24, 2.45) is 0 Å². The van der Waals surface area contributed by atoms with Gasteiger partial charge in [0.15, 0.2) is 11.6 Å². The number of anilines is 1. The number of hydrogen-bond donors (Lipinski definition) is 0. The van der Waals surface area contributed by atoms with Crippen LogP contribution in [0.4, 0.5) is 5.69 Å². The van der Waals surface area contributed by atoms with Crippen LogP contribution < -0.4 is 14.4 Å². The summed E-state index contributed by atoms with van der Waals surface area (Å²) in [5.41, 5.74) is 6.28. The Bertz CT molecular complexity index is 2840. The molecule has 1 amide bonds. The molecule has 9 rings (SSSR count). The smallest absolute Gasteiger partial charge is 0.247 e. The van der Waals surface area contributed by atoms with Crippen LogP contribution in [0, 0.1) is 0 Å². The summed E-state index contributed by atoms with van der Waals surface area (Å²) in [6.07, 6.45) is 28.6. The van der Waals surface area contributed by atoms with Gasteiger partial charge in [0.1, 0.15) is 30.8 Å². The van der Waals surface area contributed by atoms with E-state index < -0.39 is 6.04 Å². The molecule has 3 heterocycles. The predicted molar refractivity (Wildman–Crippen MR) is 266 cm³/mol. The van der Waals surface area contributed by atoms with Crippen molar-refractivity contribution in [3.05, 3.63) is 227 Å². The van der Waals surface area contributed by atoms with Crippen LogP contribution in [0.2, 0.25) is 5.02 Å². The Morgan fingerprint density at radius 1 is 0.667 bits per heavy atom. The summed E-state index contributed by atoms with van der Waals surface area (Å²) in [4.78, 5) is 43.6. The van der Waals surface area contributed by atoms with Crippen LogP contribution in [0.5, 0.6) is 11.5 Å². The first-order valence-corrected chi connectivity index (χ1v) is 23.2. The van der Waals surface area contributed by atoms with Crippen molar-refractivity contribution >= 4 is 40.8 Å². The molecule has 13 nitrogen and oxygen atoms in total. The van der Waals surface area contributed by atoms with Crippen molar-refractivity contribution < 1.29 is 23.9 Å². The molecule has 69 heavy (non-hydrogen) atoms. The highest BCUT2D eigenvalue weighted by Crippen LogP contribution is 2.35. The van der Waals surface area contributed by atoms with Gasteiger partial charge in [-0.15, -0.1) is 10.2 Å². The molecule has 0 bridgehead atoms. The number of amides is 1. The zero-order valence-corrected chi connectivity index (χ0v) is 38.5. The Labute approximate surface area is 405 Å². The molecule has 2 aliphatic carbocycles. The van der Waals surface area contributed by atoms with E-state index in [1.165, 1.54) is 0 Å². The van der Waals surface area contributed by atoms with E-state index in [1.54, 1.807) is 87.1 Å². The third-order valence-corrected chi connectivity index (χ3v) is 12.0. The zero-order valence-electron chi connectivity index (χ0n) is 37.7. The molecular formula is C55H49ClN8O5. The fourth-order valence-corrected chi connectivity index (χ4v) is 8.25. The molecule has 346 valence electrons. The molecule has 0 N–H and O–H groups in total. The van der Waals surface area contributed by atoms with Gasteiger partial charge < -0.3 is 14.4 Å². The summed E-state index contributed by atoms with van der Waals surface area (Å²) in [5, 5.41) is 18.4. The third kappa shape index (κ3) is 12.1. The quantitative estimate of drug-likeness (QED) is 0.0368. The van der Waals surface area contributed by atoms with Crippen LogP contribution in [0.3, 0.4) is 0 Å². The average Bonchev–Trinajstić information content (AvgIpc) is 4.24. The van der Waals surface area contributed by atoms with Crippen LogP contribution in [0.15, 0.2) is 194 Å². The van der Waals surface area contributed by atoms with E-state index in [0.29, 0.717) is 65.3 Å². The number of ketones is 2. The van der Waals surface area contributed by atoms with E-state index >= 15 is 0 Å². The van der Waals surface area contributed by atoms with Gasteiger partial charge in [0.05, 0.1) is 30.5 Å². The Morgan fingerprint density at radius 3 is 1.68 bits per heavy atom. The largest absolute Gasteiger partial charge is 0.492 e. The molecule has 2 atom stereocenters. The van der Waals surface area contributed by atoms with E-state index in [4.69, 9.17) is 21.1 Å². The van der Waals surface area contributed by atoms with Crippen molar-refractivity contribution in [2.75, 3.05) is 18.1 Å². The Balaban J connectivity index is 0.862. The van der Waals surface area contributed by atoms with Crippen molar-refractivity contribution in [3.63, 3.8) is 0 Å². The van der Waals surface area contributed by atoms with Crippen LogP contribution in [-0.2, 0) is 31.0 Å². The molecule has 0 spiro atoms. The second-order valence-corrected chi connectivity index (χ2v) is 17.0. The molecule has 2 aromatic heterocycles. The lowest BCUT2D eigenvalue weighted by atomic mass is 9.90. The minimum atomic E-state index is -0.577. The Morgan fingerprint density at radius 2 is 1.19 bits per heavy atom. The number of carbonyl (C=O) groups excluding carboxylic acids is 3. The first kappa shape index (κ1) is 46.1. The molecule has 0 saturated carbocycles. The maximum Gasteiger partial charge on any atom is 0.247 e. The monoisotopic (exact) mass is 936 g/mol. The van der Waals surface area contributed by atoms with E-state index in [1.807, 2.05) is 85.2 Å². The summed E-state index contributed by atoms with van der Waals surface area (Å²) in [5.74, 6) is 1.03. The first-order valence-electron chi connectivity index (χ1n) is 22.8. The van der Waals surface area contributed by atoms with Gasteiger partial charge in [0.25, 0.3) is 0 Å². The molecule has 3 aliphatic rings. The third-order valence-electron chi connectivity index (χ3n) is 11.7. The lowest BCUT2D eigenvalue weighted by Gasteiger charge is -2.50. The summed E-state index contributed by atoms with van der Waals surface area (Å²) in [7, 11) is 0. The first-order chi connectivity index (χ1) is 33.8. The van der Waals surface area contributed by atoms with Crippen molar-refractivity contribution in [1.29, 1.82) is 0 Å². The number of aromatic nitrogens is 6. The summed E-state index contributed by atoms with van der Waals surface area (Å²) >= 11 is 6.26. The number of rotatable bonds is 22. The summed E-state index contributed by atoms with van der Waals surface area (Å²) < 4.78 is 15.4. The van der Waals surface area contributed by atoms with Crippen LogP contribution in [-0.4, -0.2) is 77.7 Å². The van der Waals surface area contributed by atoms with Gasteiger partial charge >= 0.3 is 0 Å². The number of nitrogens with zero attached hydrogens (tertiary/aromatic N) is 8. The van der Waals surface area contributed by atoms with Crippen molar-refractivity contribution in [3.8, 4) is 11.5 Å². The Kier molecular flexibility index (Phi) is 14.8. The fraction of sp³-hybridized carbons (Fsp3) is 0.182. The van der Waals surface area contributed by atoms with Gasteiger partial charge in [-0.25, -0.2) is 9.36 Å². The number of hydrogen-bond acceptors (Lipinski definition) is 10. The number of carbonyl (C=O) groups is 3. The van der Waals surface area contributed by atoms with Gasteiger partial charge in [-0.05, 0) is 114 Å². The van der Waals surface area contributed by atoms with Crippen molar-refractivity contribution in [2.45, 2.75) is 51.1 Å². The highest BCUT2D eigenvalue weighted by Gasteiger charge is 2.50. The van der Waals surface area contributed by atoms with E-state index in [-0.39, 0.29) is 36.6 Å². The van der Waals surface area contributed by atoms with Gasteiger partial charge in [0, 0.05) is 47.3 Å². The summed E-state index contributed by atoms with van der Waals surface area (Å²) in [6.45, 7) is 2.05. The number of halogens is 1. The minimum absolute atomic E-state index is 0.0742. The van der Waals surface area contributed by atoms with Gasteiger partial charge in [0.2, 0.25) is 5.91 Å². The average molecular weight is 938 g/mol. The number of ether oxygens (including phenoxy) is 2. The topological polar surface area (TPSA) is 138 Å². The maximum atomic E-state index is 14.4. The highest BCUT2D eigenvalue weighted by molar-refractivity contribution is 6.30. The second kappa shape index (κ2) is 22.2. The highest BCUT2D eigenvalue weighted by atomic mass is 35.5. The summed E-state index contributed by atoms with van der Waals surface area (Å²) in [6, 6.07) is 30.5. The predicted octanol–water partition coefficient (Wildman–Crippen LogP) is 9.43. The van der Waals surface area contributed by atoms with Crippen LogP contribution >= 0.6 is 11.6 Å². The minimum Gasteiger partial charge on any atom is -0.492 e. The number of β-lactam (4-membered cyclic amide) rings is 1. The van der Waals surface area contributed by atoms with E-state index in [0.717, 1.165) is 35.2 Å². The molecule has 4 aromatic carbocycles. The molecule has 14 heteroatoms. The van der Waals surface area contributed by atoms with Crippen LogP contribution in [0.25, 0.3) is 6.08 Å². The maximum absolute atomic E-state index is 14.4. The standard InChI is InChI=1S/C55H49ClN8O5/c56-45-21-23-48(24-22-45)64-51(29-14-40-8-2-1-3-9-40)54(55(64)67)61(36-46-38-62(59-57-46)32-34-68-49-25-17-43(18-26-49)52(65)30-15-41-10-4-5-11-41)37-47-39-63(60-58-47)33-35-69-50-27-19-44(20-28-50)53(66)31-16-42-12-6-7-13-42/h1-4,6,8-31,38-39,51,54H,5,7,32-37H2/b29-14+,30-15+,31-16+/t51-,54+/m1/s1. The molecule has 6 aromatic rings. The van der Waals surface area contributed by atoms with Gasteiger partial charge in [-0.2, -0.15) is 0 Å². The fourth-order valence-electron chi connectivity index (χ4n) is 8.12. The lowest BCUT2D eigenvalue weighted by molar-refractivity contribution is -0.131. The van der Waals surface area contributed by atoms with E-state index in [2.05, 4.69) is 55.9 Å². The molecule has 1 aliphatic heterocycles. The Hall–Kier alpha value is -8.00. The normalized spacial score (nSPS) is 16.6. The molecule has 1 fully saturated rings. The zero-order chi connectivity index (χ0) is 47.4. The molecular weight excluding hydrogens is 888 g/mol. The molecule has 0 radical (unpaired) electrons. The van der Waals surface area contributed by atoms with Gasteiger partial charge in [-0.1, -0.05) is 113 Å².